The Morgan fingerprint density at radius 3 is 2.80 bits per heavy atom. The first kappa shape index (κ1) is 13.6. The second kappa shape index (κ2) is 5.57. The van der Waals surface area contributed by atoms with Gasteiger partial charge in [-0.2, -0.15) is 0 Å². The molecule has 1 fully saturated rings. The monoisotopic (exact) mass is 272 g/mol. The third-order valence-electron chi connectivity index (χ3n) is 5.06. The van der Waals surface area contributed by atoms with Crippen molar-refractivity contribution in [3.8, 4) is 0 Å². The summed E-state index contributed by atoms with van der Waals surface area (Å²) >= 11 is 0. The number of carbonyl (C=O) groups excluding carboxylic acids is 1. The topological polar surface area (TPSA) is 32.3 Å². The normalized spacial score (nSPS) is 23.6. The molecular weight excluding hydrogens is 248 g/mol. The van der Waals surface area contributed by atoms with Crippen molar-refractivity contribution in [1.29, 1.82) is 0 Å². The number of carbonyl (C=O) groups is 1. The third kappa shape index (κ3) is 2.35. The Morgan fingerprint density at radius 2 is 2.10 bits per heavy atom. The standard InChI is InChI=1S/C17H24N2O/c1-12(14-10-18-11-14)17(20)19(2)16-9-5-7-13-6-3-4-8-15(13)16/h3-4,6,8,12,14,16,18H,5,7,9-11H2,1-2H3. The minimum atomic E-state index is 0.135. The summed E-state index contributed by atoms with van der Waals surface area (Å²) in [5.74, 6) is 0.956. The van der Waals surface area contributed by atoms with Crippen molar-refractivity contribution in [3.05, 3.63) is 35.4 Å². The van der Waals surface area contributed by atoms with Crippen LogP contribution in [0, 0.1) is 11.8 Å². The van der Waals surface area contributed by atoms with E-state index < -0.39 is 0 Å². The highest BCUT2D eigenvalue weighted by Crippen LogP contribution is 2.34. The number of nitrogens with zero attached hydrogens (tertiary/aromatic N) is 1. The summed E-state index contributed by atoms with van der Waals surface area (Å²) in [6.07, 6.45) is 3.42. The van der Waals surface area contributed by atoms with Gasteiger partial charge in [-0.05, 0) is 49.4 Å². The molecule has 3 nitrogen and oxygen atoms in total. The van der Waals surface area contributed by atoms with Gasteiger partial charge >= 0.3 is 0 Å². The lowest BCUT2D eigenvalue weighted by Crippen LogP contribution is -2.50. The predicted octanol–water partition coefficient (Wildman–Crippen LogP) is 2.38. The van der Waals surface area contributed by atoms with E-state index in [0.29, 0.717) is 11.8 Å². The quantitative estimate of drug-likeness (QED) is 0.916. The second-order valence-corrected chi connectivity index (χ2v) is 6.26. The van der Waals surface area contributed by atoms with E-state index in [4.69, 9.17) is 0 Å². The van der Waals surface area contributed by atoms with E-state index in [2.05, 4.69) is 36.5 Å². The highest BCUT2D eigenvalue weighted by molar-refractivity contribution is 5.79. The molecule has 0 radical (unpaired) electrons. The molecule has 108 valence electrons. The molecule has 1 heterocycles. The minimum absolute atomic E-state index is 0.135. The summed E-state index contributed by atoms with van der Waals surface area (Å²) in [6.45, 7) is 4.06. The van der Waals surface area contributed by atoms with Crippen LogP contribution in [0.3, 0.4) is 0 Å². The van der Waals surface area contributed by atoms with Crippen LogP contribution >= 0.6 is 0 Å². The summed E-state index contributed by atoms with van der Waals surface area (Å²) in [6, 6.07) is 8.86. The number of fused-ring (bicyclic) bond motifs is 1. The zero-order chi connectivity index (χ0) is 14.1. The van der Waals surface area contributed by atoms with Crippen LogP contribution in [0.1, 0.15) is 36.9 Å². The summed E-state index contributed by atoms with van der Waals surface area (Å²) in [5.41, 5.74) is 2.77. The maximum atomic E-state index is 12.7. The molecule has 3 rings (SSSR count). The molecule has 1 aromatic carbocycles. The molecule has 2 aliphatic rings. The lowest BCUT2D eigenvalue weighted by molar-refractivity contribution is -0.138. The number of nitrogens with one attached hydrogen (secondary N) is 1. The summed E-state index contributed by atoms with van der Waals surface area (Å²) in [5, 5.41) is 3.26. The van der Waals surface area contributed by atoms with Crippen LogP contribution in [0.5, 0.6) is 0 Å². The van der Waals surface area contributed by atoms with Crippen molar-refractivity contribution in [2.24, 2.45) is 11.8 Å². The SMILES string of the molecule is CC(C(=O)N(C)C1CCCc2ccccc21)C1CNC1. The first-order chi connectivity index (χ1) is 9.68. The fourth-order valence-corrected chi connectivity index (χ4v) is 3.47. The van der Waals surface area contributed by atoms with E-state index in [1.807, 2.05) is 11.9 Å². The number of aryl methyl sites for hydroxylation is 1. The van der Waals surface area contributed by atoms with E-state index >= 15 is 0 Å². The number of hydrogen-bond donors (Lipinski definition) is 1. The van der Waals surface area contributed by atoms with Crippen LogP contribution in [0.15, 0.2) is 24.3 Å². The Kier molecular flexibility index (Phi) is 3.79. The molecule has 1 aromatic rings. The first-order valence-corrected chi connectivity index (χ1v) is 7.73. The van der Waals surface area contributed by atoms with Gasteiger partial charge in [-0.15, -0.1) is 0 Å². The Labute approximate surface area is 121 Å². The molecule has 3 heteroatoms. The summed E-state index contributed by atoms with van der Waals surface area (Å²) in [7, 11) is 1.98. The molecule has 0 spiro atoms. The van der Waals surface area contributed by atoms with Gasteiger partial charge < -0.3 is 10.2 Å². The largest absolute Gasteiger partial charge is 0.338 e. The molecule has 2 unspecified atom stereocenters. The number of benzene rings is 1. The summed E-state index contributed by atoms with van der Waals surface area (Å²) < 4.78 is 0. The van der Waals surface area contributed by atoms with Gasteiger partial charge in [0.2, 0.25) is 5.91 Å². The third-order valence-corrected chi connectivity index (χ3v) is 5.06. The van der Waals surface area contributed by atoms with Crippen molar-refractivity contribution in [3.63, 3.8) is 0 Å². The van der Waals surface area contributed by atoms with Crippen LogP contribution in [-0.2, 0) is 11.2 Å². The van der Waals surface area contributed by atoms with Gasteiger partial charge in [0, 0.05) is 13.0 Å². The molecule has 1 aliphatic carbocycles. The smallest absolute Gasteiger partial charge is 0.226 e. The molecular formula is C17H24N2O. The fourth-order valence-electron chi connectivity index (χ4n) is 3.47. The number of amides is 1. The second-order valence-electron chi connectivity index (χ2n) is 6.26. The summed E-state index contributed by atoms with van der Waals surface area (Å²) in [4.78, 5) is 14.7. The lowest BCUT2D eigenvalue weighted by Gasteiger charge is -2.38. The van der Waals surface area contributed by atoms with Gasteiger partial charge in [0.05, 0.1) is 6.04 Å². The molecule has 1 N–H and O–H groups in total. The van der Waals surface area contributed by atoms with Crippen molar-refractivity contribution in [2.75, 3.05) is 20.1 Å². The molecule has 1 saturated heterocycles. The Hall–Kier alpha value is -1.35. The maximum absolute atomic E-state index is 12.7. The van der Waals surface area contributed by atoms with Crippen LogP contribution in [0.4, 0.5) is 0 Å². The zero-order valence-corrected chi connectivity index (χ0v) is 12.4. The van der Waals surface area contributed by atoms with Crippen LogP contribution < -0.4 is 5.32 Å². The molecule has 0 saturated carbocycles. The van der Waals surface area contributed by atoms with Crippen LogP contribution in [0.2, 0.25) is 0 Å². The van der Waals surface area contributed by atoms with E-state index in [1.54, 1.807) is 0 Å². The van der Waals surface area contributed by atoms with Crippen LogP contribution in [0.25, 0.3) is 0 Å². The maximum Gasteiger partial charge on any atom is 0.226 e. The van der Waals surface area contributed by atoms with E-state index in [0.717, 1.165) is 25.9 Å². The molecule has 20 heavy (non-hydrogen) atoms. The van der Waals surface area contributed by atoms with E-state index in [1.165, 1.54) is 17.5 Å². The Morgan fingerprint density at radius 1 is 1.35 bits per heavy atom. The van der Waals surface area contributed by atoms with Crippen LogP contribution in [-0.4, -0.2) is 30.9 Å². The average Bonchev–Trinajstić information content (AvgIpc) is 2.43. The van der Waals surface area contributed by atoms with Gasteiger partial charge in [0.25, 0.3) is 0 Å². The number of rotatable bonds is 3. The van der Waals surface area contributed by atoms with Gasteiger partial charge in [-0.25, -0.2) is 0 Å². The highest BCUT2D eigenvalue weighted by Gasteiger charge is 2.34. The first-order valence-electron chi connectivity index (χ1n) is 7.73. The van der Waals surface area contributed by atoms with Crippen molar-refractivity contribution in [1.82, 2.24) is 10.2 Å². The minimum Gasteiger partial charge on any atom is -0.338 e. The van der Waals surface area contributed by atoms with Gasteiger partial charge in [0.15, 0.2) is 0 Å². The average molecular weight is 272 g/mol. The zero-order valence-electron chi connectivity index (χ0n) is 12.4. The van der Waals surface area contributed by atoms with E-state index in [-0.39, 0.29) is 12.0 Å². The Balaban J connectivity index is 1.77. The Bertz CT molecular complexity index is 496. The molecule has 1 aliphatic heterocycles. The van der Waals surface area contributed by atoms with Gasteiger partial charge in [-0.3, -0.25) is 4.79 Å². The van der Waals surface area contributed by atoms with Crippen molar-refractivity contribution in [2.45, 2.75) is 32.2 Å². The van der Waals surface area contributed by atoms with Crippen molar-refractivity contribution < 1.29 is 4.79 Å². The molecule has 0 bridgehead atoms. The highest BCUT2D eigenvalue weighted by atomic mass is 16.2. The predicted molar refractivity (Wildman–Crippen MR) is 80.4 cm³/mol. The van der Waals surface area contributed by atoms with Crippen molar-refractivity contribution >= 4 is 5.91 Å². The fraction of sp³-hybridized carbons (Fsp3) is 0.588. The number of hydrogen-bond acceptors (Lipinski definition) is 2. The van der Waals surface area contributed by atoms with Gasteiger partial charge in [-0.1, -0.05) is 31.2 Å². The van der Waals surface area contributed by atoms with E-state index in [9.17, 15) is 4.79 Å². The molecule has 2 atom stereocenters. The lowest BCUT2D eigenvalue weighted by atomic mass is 9.84. The van der Waals surface area contributed by atoms with Gasteiger partial charge in [0.1, 0.15) is 0 Å². The molecule has 1 amide bonds. The molecule has 0 aromatic heterocycles.